The van der Waals surface area contributed by atoms with E-state index in [9.17, 15) is 25.5 Å². The van der Waals surface area contributed by atoms with Crippen LogP contribution in [0.3, 0.4) is 0 Å². The molecule has 5 N–H and O–H groups in total. The molecule has 174 valence electrons. The molecule has 2 aliphatic rings. The summed E-state index contributed by atoms with van der Waals surface area (Å²) in [6.07, 6.45) is -4.68. The highest BCUT2D eigenvalue weighted by molar-refractivity contribution is 5.39. The predicted octanol–water partition coefficient (Wildman–Crippen LogP) is 0.372. The van der Waals surface area contributed by atoms with Crippen LogP contribution >= 0.6 is 0 Å². The van der Waals surface area contributed by atoms with Crippen LogP contribution in [0.1, 0.15) is 28.7 Å². The van der Waals surface area contributed by atoms with E-state index in [2.05, 4.69) is 0 Å². The van der Waals surface area contributed by atoms with Gasteiger partial charge in [0, 0.05) is 12.0 Å². The number of hydrogen-bond donors (Lipinski definition) is 5. The second-order valence-corrected chi connectivity index (χ2v) is 8.53. The third-order valence-electron chi connectivity index (χ3n) is 6.24. The highest BCUT2D eigenvalue weighted by Crippen LogP contribution is 2.37. The molecule has 0 radical (unpaired) electrons. The van der Waals surface area contributed by atoms with Crippen molar-refractivity contribution in [2.45, 2.75) is 56.1 Å². The van der Waals surface area contributed by atoms with Crippen LogP contribution in [0, 0.1) is 6.92 Å². The first kappa shape index (κ1) is 23.1. The summed E-state index contributed by atoms with van der Waals surface area (Å²) >= 11 is 0. The summed E-state index contributed by atoms with van der Waals surface area (Å²) in [5.41, 5.74) is 3.13. The molecule has 2 aliphatic heterocycles. The van der Waals surface area contributed by atoms with Gasteiger partial charge in [0.2, 0.25) is 5.79 Å². The van der Waals surface area contributed by atoms with E-state index in [1.807, 2.05) is 31.2 Å². The molecule has 0 bridgehead atoms. The maximum atomic E-state index is 11.1. The highest BCUT2D eigenvalue weighted by Gasteiger charge is 2.53. The monoisotopic (exact) mass is 446 g/mol. The Labute approximate surface area is 186 Å². The number of ether oxygens (including phenoxy) is 3. The summed E-state index contributed by atoms with van der Waals surface area (Å²) in [7, 11) is 0. The van der Waals surface area contributed by atoms with Crippen LogP contribution < -0.4 is 4.74 Å². The Morgan fingerprint density at radius 3 is 2.47 bits per heavy atom. The van der Waals surface area contributed by atoms with E-state index in [-0.39, 0.29) is 11.7 Å². The van der Waals surface area contributed by atoms with Crippen molar-refractivity contribution < 1.29 is 39.7 Å². The normalized spacial score (nSPS) is 32.8. The second-order valence-electron chi connectivity index (χ2n) is 8.53. The van der Waals surface area contributed by atoms with Crippen LogP contribution in [0.5, 0.6) is 5.75 Å². The van der Waals surface area contributed by atoms with Crippen molar-refractivity contribution in [3.05, 3.63) is 64.7 Å². The number of benzene rings is 2. The van der Waals surface area contributed by atoms with Gasteiger partial charge in [-0.1, -0.05) is 24.3 Å². The van der Waals surface area contributed by atoms with Crippen molar-refractivity contribution in [3.8, 4) is 5.75 Å². The number of hydrogen-bond acceptors (Lipinski definition) is 8. The molecule has 0 amide bonds. The van der Waals surface area contributed by atoms with Crippen LogP contribution in [0.4, 0.5) is 0 Å². The third-order valence-corrected chi connectivity index (χ3v) is 6.24. The molecular formula is C24H30O8. The van der Waals surface area contributed by atoms with Crippen LogP contribution in [0.15, 0.2) is 42.5 Å². The van der Waals surface area contributed by atoms with Gasteiger partial charge in [-0.2, -0.15) is 0 Å². The fraction of sp³-hybridized carbons (Fsp3) is 0.500. The number of aliphatic hydroxyl groups excluding tert-OH is 4. The van der Waals surface area contributed by atoms with Crippen molar-refractivity contribution in [1.29, 1.82) is 0 Å². The average molecular weight is 446 g/mol. The van der Waals surface area contributed by atoms with Crippen molar-refractivity contribution in [2.24, 2.45) is 0 Å². The fourth-order valence-corrected chi connectivity index (χ4v) is 4.18. The molecule has 0 aliphatic carbocycles. The first-order valence-corrected chi connectivity index (χ1v) is 10.8. The second kappa shape index (κ2) is 9.44. The minimum atomic E-state index is -2.27. The molecule has 0 saturated carbocycles. The molecule has 2 fully saturated rings. The summed E-state index contributed by atoms with van der Waals surface area (Å²) < 4.78 is 16.7. The van der Waals surface area contributed by atoms with Gasteiger partial charge in [0.25, 0.3) is 0 Å². The van der Waals surface area contributed by atoms with Crippen LogP contribution in [0.2, 0.25) is 0 Å². The lowest BCUT2D eigenvalue weighted by Crippen LogP contribution is -2.63. The molecule has 2 aromatic carbocycles. The topological polar surface area (TPSA) is 129 Å². The van der Waals surface area contributed by atoms with Gasteiger partial charge in [-0.3, -0.25) is 0 Å². The zero-order valence-electron chi connectivity index (χ0n) is 17.9. The van der Waals surface area contributed by atoms with Crippen molar-refractivity contribution in [3.63, 3.8) is 0 Å². The lowest BCUT2D eigenvalue weighted by Gasteiger charge is -2.45. The maximum Gasteiger partial charge on any atom is 0.222 e. The molecule has 0 aromatic heterocycles. The van der Waals surface area contributed by atoms with Gasteiger partial charge in [-0.15, -0.1) is 0 Å². The summed E-state index contributed by atoms with van der Waals surface area (Å²) in [5, 5.41) is 51.1. The smallest absolute Gasteiger partial charge is 0.222 e. The van der Waals surface area contributed by atoms with Crippen molar-refractivity contribution in [2.75, 3.05) is 19.8 Å². The Balaban J connectivity index is 1.53. The van der Waals surface area contributed by atoms with Crippen LogP contribution in [0.25, 0.3) is 0 Å². The van der Waals surface area contributed by atoms with Gasteiger partial charge in [0.15, 0.2) is 0 Å². The van der Waals surface area contributed by atoms with Gasteiger partial charge < -0.3 is 39.7 Å². The predicted molar refractivity (Wildman–Crippen MR) is 114 cm³/mol. The Hall–Kier alpha value is -2.04. The SMILES string of the molecule is Cc1ccc([C@]2(O)O[C@H](CO)[C@@H](O)[C@H](O)[C@H]2O)cc1Cc1ccc(OC2CCOC2)cc1. The van der Waals surface area contributed by atoms with E-state index in [4.69, 9.17) is 14.2 Å². The molecule has 8 nitrogen and oxygen atoms in total. The van der Waals surface area contributed by atoms with Gasteiger partial charge in [-0.05, 0) is 48.2 Å². The molecule has 1 unspecified atom stereocenters. The van der Waals surface area contributed by atoms with Crippen LogP contribution in [-0.4, -0.2) is 75.9 Å². The van der Waals surface area contributed by atoms with E-state index in [1.54, 1.807) is 18.2 Å². The summed E-state index contributed by atoms with van der Waals surface area (Å²) in [4.78, 5) is 0. The molecule has 2 heterocycles. The minimum absolute atomic E-state index is 0.0825. The van der Waals surface area contributed by atoms with Crippen LogP contribution in [-0.2, 0) is 21.7 Å². The molecule has 4 rings (SSSR count). The minimum Gasteiger partial charge on any atom is -0.488 e. The first-order chi connectivity index (χ1) is 15.3. The average Bonchev–Trinajstić information content (AvgIpc) is 3.30. The summed E-state index contributed by atoms with van der Waals surface area (Å²) in [6, 6.07) is 12.9. The van der Waals surface area contributed by atoms with Gasteiger partial charge >= 0.3 is 0 Å². The molecule has 8 heteroatoms. The lowest BCUT2D eigenvalue weighted by atomic mass is 9.86. The standard InChI is InChI=1S/C24H30O8/c1-14-2-5-17(24(29)23(28)22(27)21(26)20(12-25)32-24)11-16(14)10-15-3-6-18(7-4-15)31-19-8-9-30-13-19/h2-7,11,19-23,25-29H,8-10,12-13H2,1H3/t19?,20-,21-,22+,23-,24+/m1/s1. The molecule has 6 atom stereocenters. The van der Waals surface area contributed by atoms with E-state index in [1.165, 1.54) is 0 Å². The summed E-state index contributed by atoms with van der Waals surface area (Å²) in [6.45, 7) is 2.65. The van der Waals surface area contributed by atoms with E-state index in [0.717, 1.165) is 35.5 Å². The highest BCUT2D eigenvalue weighted by atomic mass is 16.7. The molecule has 32 heavy (non-hydrogen) atoms. The van der Waals surface area contributed by atoms with E-state index >= 15 is 0 Å². The Bertz CT molecular complexity index is 909. The zero-order valence-corrected chi connectivity index (χ0v) is 17.9. The maximum absolute atomic E-state index is 11.1. The Morgan fingerprint density at radius 2 is 1.81 bits per heavy atom. The number of aryl methyl sites for hydroxylation is 1. The zero-order chi connectivity index (χ0) is 22.9. The molecule has 0 spiro atoms. The molecular weight excluding hydrogens is 416 g/mol. The number of rotatable bonds is 6. The Kier molecular flexibility index (Phi) is 6.83. The van der Waals surface area contributed by atoms with Gasteiger partial charge in [0.05, 0.1) is 19.8 Å². The quantitative estimate of drug-likeness (QED) is 0.431. The lowest BCUT2D eigenvalue weighted by molar-refractivity contribution is -0.357. The Morgan fingerprint density at radius 1 is 1.06 bits per heavy atom. The van der Waals surface area contributed by atoms with Crippen molar-refractivity contribution in [1.82, 2.24) is 0 Å². The van der Waals surface area contributed by atoms with Gasteiger partial charge in [0.1, 0.15) is 36.3 Å². The fourth-order valence-electron chi connectivity index (χ4n) is 4.18. The first-order valence-electron chi connectivity index (χ1n) is 10.8. The largest absolute Gasteiger partial charge is 0.488 e. The number of aliphatic hydroxyl groups is 5. The third kappa shape index (κ3) is 4.53. The van der Waals surface area contributed by atoms with E-state index < -0.39 is 36.8 Å². The molecule has 2 saturated heterocycles. The van der Waals surface area contributed by atoms with E-state index in [0.29, 0.717) is 13.0 Å². The molecule has 2 aromatic rings. The van der Waals surface area contributed by atoms with Crippen molar-refractivity contribution >= 4 is 0 Å². The summed E-state index contributed by atoms with van der Waals surface area (Å²) in [5.74, 6) is -1.49. The van der Waals surface area contributed by atoms with Gasteiger partial charge in [-0.25, -0.2) is 0 Å².